The molecule has 0 aliphatic carbocycles. The number of hydrogen-bond acceptors (Lipinski definition) is 3. The minimum absolute atomic E-state index is 0.174. The Morgan fingerprint density at radius 3 is 2.20 bits per heavy atom. The normalized spacial score (nSPS) is 11.4. The molecule has 0 saturated carbocycles. The molecule has 2 N–H and O–H groups in total. The van der Waals surface area contributed by atoms with E-state index in [0.29, 0.717) is 11.3 Å². The lowest BCUT2D eigenvalue weighted by Crippen LogP contribution is -2.16. The van der Waals surface area contributed by atoms with E-state index in [4.69, 9.17) is 0 Å². The van der Waals surface area contributed by atoms with Gasteiger partial charge in [0.2, 0.25) is 0 Å². The molecule has 0 spiro atoms. The van der Waals surface area contributed by atoms with Crippen LogP contribution in [-0.4, -0.2) is 14.3 Å². The number of sulfonamides is 1. The molecule has 5 nitrogen and oxygen atoms in total. The summed E-state index contributed by atoms with van der Waals surface area (Å²) in [5, 5.41) is 2.94. The highest BCUT2D eigenvalue weighted by molar-refractivity contribution is 7.92. The first-order chi connectivity index (χ1) is 14.2. The fraction of sp³-hybridized carbons (Fsp3) is 0.208. The monoisotopic (exact) mass is 422 g/mol. The van der Waals surface area contributed by atoms with Crippen molar-refractivity contribution in [2.75, 3.05) is 10.0 Å². The maximum absolute atomic E-state index is 12.8. The fourth-order valence-electron chi connectivity index (χ4n) is 3.10. The number of rotatable bonds is 6. The summed E-state index contributed by atoms with van der Waals surface area (Å²) in [6.07, 6.45) is 0. The zero-order valence-corrected chi connectivity index (χ0v) is 18.4. The van der Waals surface area contributed by atoms with E-state index in [-0.39, 0.29) is 16.7 Å². The lowest BCUT2D eigenvalue weighted by Gasteiger charge is -2.15. The Balaban J connectivity index is 1.86. The molecular formula is C24H26N2O3S. The molecule has 0 saturated heterocycles. The molecule has 3 aromatic carbocycles. The Morgan fingerprint density at radius 1 is 0.867 bits per heavy atom. The minimum atomic E-state index is -3.75. The Bertz CT molecular complexity index is 1170. The summed E-state index contributed by atoms with van der Waals surface area (Å²) in [6.45, 7) is 7.82. The van der Waals surface area contributed by atoms with Gasteiger partial charge in [-0.2, -0.15) is 0 Å². The first-order valence-corrected chi connectivity index (χ1v) is 11.3. The van der Waals surface area contributed by atoms with Gasteiger partial charge in [0.05, 0.1) is 10.6 Å². The Labute approximate surface area is 178 Å². The van der Waals surface area contributed by atoms with Gasteiger partial charge < -0.3 is 5.32 Å². The van der Waals surface area contributed by atoms with Gasteiger partial charge >= 0.3 is 0 Å². The third-order valence-electron chi connectivity index (χ3n) is 4.91. The third kappa shape index (κ3) is 4.89. The van der Waals surface area contributed by atoms with Crippen molar-refractivity contribution in [1.29, 1.82) is 0 Å². The largest absolute Gasteiger partial charge is 0.322 e. The molecule has 3 rings (SSSR count). The lowest BCUT2D eigenvalue weighted by molar-refractivity contribution is 0.102. The summed E-state index contributed by atoms with van der Waals surface area (Å²) < 4.78 is 28.1. The second kappa shape index (κ2) is 8.71. The van der Waals surface area contributed by atoms with Crippen molar-refractivity contribution in [3.8, 4) is 0 Å². The van der Waals surface area contributed by atoms with Crippen molar-refractivity contribution in [2.45, 2.75) is 38.5 Å². The lowest BCUT2D eigenvalue weighted by atomic mass is 10.0. The molecule has 0 bridgehead atoms. The molecule has 6 heteroatoms. The molecule has 0 unspecified atom stereocenters. The summed E-state index contributed by atoms with van der Waals surface area (Å²) in [5.74, 6) is -0.0321. The number of aryl methyl sites for hydroxylation is 2. The highest BCUT2D eigenvalue weighted by Crippen LogP contribution is 2.26. The van der Waals surface area contributed by atoms with Gasteiger partial charge in [-0.1, -0.05) is 55.8 Å². The third-order valence-corrected chi connectivity index (χ3v) is 6.29. The van der Waals surface area contributed by atoms with Gasteiger partial charge in [0.25, 0.3) is 15.9 Å². The molecule has 0 aromatic heterocycles. The van der Waals surface area contributed by atoms with Crippen molar-refractivity contribution >= 4 is 27.3 Å². The zero-order valence-electron chi connectivity index (χ0n) is 17.6. The number of carbonyl (C=O) groups excluding carboxylic acids is 1. The summed E-state index contributed by atoms with van der Waals surface area (Å²) in [5.41, 5.74) is 4.24. The highest BCUT2D eigenvalue weighted by Gasteiger charge is 2.17. The molecule has 0 aliphatic heterocycles. The van der Waals surface area contributed by atoms with E-state index < -0.39 is 10.0 Å². The topological polar surface area (TPSA) is 75.3 Å². The number of nitrogens with one attached hydrogen (secondary N) is 2. The van der Waals surface area contributed by atoms with Crippen LogP contribution in [-0.2, 0) is 10.0 Å². The molecule has 0 fully saturated rings. The van der Waals surface area contributed by atoms with Crippen molar-refractivity contribution in [2.24, 2.45) is 0 Å². The molecule has 3 aromatic rings. The highest BCUT2D eigenvalue weighted by atomic mass is 32.2. The van der Waals surface area contributed by atoms with Crippen LogP contribution in [0.4, 0.5) is 11.4 Å². The van der Waals surface area contributed by atoms with Crippen LogP contribution in [0.15, 0.2) is 71.6 Å². The van der Waals surface area contributed by atoms with Crippen LogP contribution in [0.1, 0.15) is 46.8 Å². The van der Waals surface area contributed by atoms with E-state index in [2.05, 4.69) is 23.9 Å². The Morgan fingerprint density at radius 2 is 1.53 bits per heavy atom. The Kier molecular flexibility index (Phi) is 6.27. The van der Waals surface area contributed by atoms with Crippen molar-refractivity contribution < 1.29 is 13.2 Å². The SMILES string of the molecule is Cc1ccc(S(=O)(=O)Nc2cc(C(=O)Nc3ccccc3C(C)C)ccc2C)cc1. The number of amides is 1. The second-order valence-corrected chi connectivity index (χ2v) is 9.33. The fourth-order valence-corrected chi connectivity index (χ4v) is 4.22. The van der Waals surface area contributed by atoms with Crippen molar-refractivity contribution in [3.63, 3.8) is 0 Å². The molecule has 0 radical (unpaired) electrons. The van der Waals surface area contributed by atoms with Crippen LogP contribution < -0.4 is 10.0 Å². The van der Waals surface area contributed by atoms with Crippen LogP contribution in [0.25, 0.3) is 0 Å². The molecular weight excluding hydrogens is 396 g/mol. The van der Waals surface area contributed by atoms with Gasteiger partial charge in [-0.3, -0.25) is 9.52 Å². The van der Waals surface area contributed by atoms with Gasteiger partial charge in [0.1, 0.15) is 0 Å². The quantitative estimate of drug-likeness (QED) is 0.552. The molecule has 0 heterocycles. The number of anilines is 2. The van der Waals surface area contributed by atoms with E-state index in [1.807, 2.05) is 31.2 Å². The summed E-state index contributed by atoms with van der Waals surface area (Å²) in [4.78, 5) is 13.0. The van der Waals surface area contributed by atoms with Crippen LogP contribution in [0.3, 0.4) is 0 Å². The second-order valence-electron chi connectivity index (χ2n) is 7.64. The van der Waals surface area contributed by atoms with Gasteiger partial charge in [-0.05, 0) is 61.2 Å². The first kappa shape index (κ1) is 21.6. The standard InChI is InChI=1S/C24H26N2O3S/c1-16(2)21-7-5-6-8-22(21)25-24(27)19-12-11-18(4)23(15-19)26-30(28,29)20-13-9-17(3)10-14-20/h5-16,26H,1-4H3,(H,25,27). The number of benzene rings is 3. The predicted molar refractivity (Wildman–Crippen MR) is 122 cm³/mol. The molecule has 0 atom stereocenters. The average molecular weight is 423 g/mol. The van der Waals surface area contributed by atoms with E-state index in [1.165, 1.54) is 0 Å². The van der Waals surface area contributed by atoms with Crippen LogP contribution in [0, 0.1) is 13.8 Å². The van der Waals surface area contributed by atoms with E-state index >= 15 is 0 Å². The number of para-hydroxylation sites is 1. The van der Waals surface area contributed by atoms with Crippen molar-refractivity contribution in [3.05, 3.63) is 89.0 Å². The smallest absolute Gasteiger partial charge is 0.261 e. The Hall–Kier alpha value is -3.12. The summed E-state index contributed by atoms with van der Waals surface area (Å²) in [7, 11) is -3.75. The number of hydrogen-bond donors (Lipinski definition) is 2. The predicted octanol–water partition coefficient (Wildman–Crippen LogP) is 5.48. The maximum Gasteiger partial charge on any atom is 0.261 e. The molecule has 30 heavy (non-hydrogen) atoms. The van der Waals surface area contributed by atoms with Crippen LogP contribution in [0.5, 0.6) is 0 Å². The van der Waals surface area contributed by atoms with E-state index in [0.717, 1.165) is 22.4 Å². The van der Waals surface area contributed by atoms with E-state index in [1.54, 1.807) is 49.4 Å². The van der Waals surface area contributed by atoms with Gasteiger partial charge in [0.15, 0.2) is 0 Å². The molecule has 0 aliphatic rings. The van der Waals surface area contributed by atoms with Gasteiger partial charge in [0, 0.05) is 11.3 Å². The number of carbonyl (C=O) groups is 1. The van der Waals surface area contributed by atoms with Crippen LogP contribution in [0.2, 0.25) is 0 Å². The molecule has 156 valence electrons. The minimum Gasteiger partial charge on any atom is -0.322 e. The van der Waals surface area contributed by atoms with Gasteiger partial charge in [-0.15, -0.1) is 0 Å². The summed E-state index contributed by atoms with van der Waals surface area (Å²) >= 11 is 0. The zero-order chi connectivity index (χ0) is 21.9. The van der Waals surface area contributed by atoms with E-state index in [9.17, 15) is 13.2 Å². The van der Waals surface area contributed by atoms with Crippen LogP contribution >= 0.6 is 0 Å². The first-order valence-electron chi connectivity index (χ1n) is 9.78. The maximum atomic E-state index is 12.8. The van der Waals surface area contributed by atoms with Crippen molar-refractivity contribution in [1.82, 2.24) is 0 Å². The summed E-state index contributed by atoms with van der Waals surface area (Å²) in [6, 6.07) is 19.3. The average Bonchev–Trinajstić information content (AvgIpc) is 2.70. The van der Waals surface area contributed by atoms with Gasteiger partial charge in [-0.25, -0.2) is 8.42 Å². The molecule has 1 amide bonds.